The molecule has 0 spiro atoms. The molecule has 0 aromatic heterocycles. The third-order valence-corrected chi connectivity index (χ3v) is 4.19. The molecule has 114 valence electrons. The van der Waals surface area contributed by atoms with Gasteiger partial charge in [-0.05, 0) is 35.1 Å². The van der Waals surface area contributed by atoms with E-state index in [1.165, 1.54) is 17.6 Å². The van der Waals surface area contributed by atoms with E-state index in [9.17, 15) is 14.7 Å². The molecule has 22 heavy (non-hydrogen) atoms. The van der Waals surface area contributed by atoms with Crippen LogP contribution in [0.4, 0.5) is 4.79 Å². The number of amides is 1. The largest absolute Gasteiger partial charge is 0.478 e. The minimum absolute atomic E-state index is 0.0802. The first-order valence-corrected chi connectivity index (χ1v) is 7.19. The number of carbonyl (C=O) groups excluding carboxylic acids is 1. The molecule has 1 aromatic carbocycles. The molecule has 0 bridgehead atoms. The van der Waals surface area contributed by atoms with Gasteiger partial charge in [0.25, 0.3) is 0 Å². The number of methoxy groups -OCH3 is 1. The molecule has 0 fully saturated rings. The minimum Gasteiger partial charge on any atom is -0.478 e. The number of allylic oxidation sites excluding steroid dienone is 2. The number of ether oxygens (including phenoxy) is 1. The molecule has 3 rings (SSSR count). The van der Waals surface area contributed by atoms with Gasteiger partial charge < -0.3 is 14.7 Å². The maximum atomic E-state index is 11.6. The second-order valence-electron chi connectivity index (χ2n) is 5.38. The van der Waals surface area contributed by atoms with Crippen LogP contribution in [0.3, 0.4) is 0 Å². The quantitative estimate of drug-likeness (QED) is 0.911. The summed E-state index contributed by atoms with van der Waals surface area (Å²) in [6, 6.07) is 8.03. The van der Waals surface area contributed by atoms with Crippen LogP contribution in [0.25, 0.3) is 5.57 Å². The lowest BCUT2D eigenvalue weighted by molar-refractivity contribution is -0.133. The summed E-state index contributed by atoms with van der Waals surface area (Å²) < 4.78 is 4.69. The van der Waals surface area contributed by atoms with Crippen molar-refractivity contribution >= 4 is 17.6 Å². The highest BCUT2D eigenvalue weighted by Crippen LogP contribution is 2.37. The van der Waals surface area contributed by atoms with E-state index in [4.69, 9.17) is 4.74 Å². The molecule has 1 N–H and O–H groups in total. The van der Waals surface area contributed by atoms with E-state index in [0.717, 1.165) is 23.1 Å². The number of rotatable bonds is 2. The Balaban J connectivity index is 1.98. The van der Waals surface area contributed by atoms with Crippen molar-refractivity contribution in [3.63, 3.8) is 0 Å². The Morgan fingerprint density at radius 3 is 2.77 bits per heavy atom. The Morgan fingerprint density at radius 1 is 1.27 bits per heavy atom. The number of aliphatic carboxylic acids is 1. The summed E-state index contributed by atoms with van der Waals surface area (Å²) in [6.45, 7) is 0.551. The molecule has 1 aromatic rings. The van der Waals surface area contributed by atoms with Crippen LogP contribution in [0.1, 0.15) is 17.5 Å². The Labute approximate surface area is 128 Å². The fourth-order valence-corrected chi connectivity index (χ4v) is 3.11. The van der Waals surface area contributed by atoms with Crippen LogP contribution in [0.5, 0.6) is 0 Å². The van der Waals surface area contributed by atoms with E-state index >= 15 is 0 Å². The zero-order chi connectivity index (χ0) is 15.7. The summed E-state index contributed by atoms with van der Waals surface area (Å²) in [6.07, 6.45) is 2.94. The maximum Gasteiger partial charge on any atom is 0.409 e. The maximum absolute atomic E-state index is 11.6. The molecule has 1 amide bonds. The average Bonchev–Trinajstić information content (AvgIpc) is 2.97. The third-order valence-electron chi connectivity index (χ3n) is 4.19. The van der Waals surface area contributed by atoms with Gasteiger partial charge in [0.2, 0.25) is 0 Å². The SMILES string of the molecule is COC(=O)N1CCC(C2=CCc3ccccc32)=C(C(=O)O)C1. The van der Waals surface area contributed by atoms with Crippen molar-refractivity contribution in [2.45, 2.75) is 12.8 Å². The molecule has 5 nitrogen and oxygen atoms in total. The first-order chi connectivity index (χ1) is 10.6. The lowest BCUT2D eigenvalue weighted by atomic mass is 9.90. The smallest absolute Gasteiger partial charge is 0.409 e. The lowest BCUT2D eigenvalue weighted by Crippen LogP contribution is -2.38. The van der Waals surface area contributed by atoms with Crippen LogP contribution >= 0.6 is 0 Å². The second kappa shape index (κ2) is 5.67. The molecule has 0 atom stereocenters. The van der Waals surface area contributed by atoms with Crippen LogP contribution in [-0.2, 0) is 16.0 Å². The van der Waals surface area contributed by atoms with Crippen LogP contribution in [0.15, 0.2) is 41.5 Å². The van der Waals surface area contributed by atoms with Gasteiger partial charge in [0.05, 0.1) is 19.2 Å². The van der Waals surface area contributed by atoms with E-state index < -0.39 is 12.1 Å². The summed E-state index contributed by atoms with van der Waals surface area (Å²) in [7, 11) is 1.30. The number of nitrogens with zero attached hydrogens (tertiary/aromatic N) is 1. The first-order valence-electron chi connectivity index (χ1n) is 7.19. The second-order valence-corrected chi connectivity index (χ2v) is 5.38. The summed E-state index contributed by atoms with van der Waals surface area (Å²) >= 11 is 0. The summed E-state index contributed by atoms with van der Waals surface area (Å²) in [4.78, 5) is 24.7. The molecule has 1 aliphatic carbocycles. The van der Waals surface area contributed by atoms with Crippen molar-refractivity contribution < 1.29 is 19.4 Å². The van der Waals surface area contributed by atoms with Gasteiger partial charge in [-0.3, -0.25) is 0 Å². The fourth-order valence-electron chi connectivity index (χ4n) is 3.11. The van der Waals surface area contributed by atoms with E-state index in [1.54, 1.807) is 0 Å². The number of fused-ring (bicyclic) bond motifs is 1. The number of carboxylic acid groups (broad SMARTS) is 1. The fraction of sp³-hybridized carbons (Fsp3) is 0.294. The van der Waals surface area contributed by atoms with Crippen molar-refractivity contribution in [2.24, 2.45) is 0 Å². The summed E-state index contributed by atoms with van der Waals surface area (Å²) in [5, 5.41) is 9.53. The minimum atomic E-state index is -0.978. The van der Waals surface area contributed by atoms with Gasteiger partial charge in [-0.15, -0.1) is 0 Å². The van der Waals surface area contributed by atoms with Crippen LogP contribution in [0.2, 0.25) is 0 Å². The first kappa shape index (κ1) is 14.4. The Hall–Kier alpha value is -2.56. The highest BCUT2D eigenvalue weighted by Gasteiger charge is 2.30. The van der Waals surface area contributed by atoms with Crippen molar-refractivity contribution in [1.82, 2.24) is 4.90 Å². The van der Waals surface area contributed by atoms with Gasteiger partial charge >= 0.3 is 12.1 Å². The summed E-state index contributed by atoms with van der Waals surface area (Å²) in [5.41, 5.74) is 4.42. The Morgan fingerprint density at radius 2 is 2.05 bits per heavy atom. The lowest BCUT2D eigenvalue weighted by Gasteiger charge is -2.29. The standard InChI is InChI=1S/C17H17NO4/c1-22-17(21)18-9-8-14(15(10-18)16(19)20)13-7-6-11-4-2-3-5-12(11)13/h2-5,7H,6,8-10H2,1H3,(H,19,20). The van der Waals surface area contributed by atoms with Crippen LogP contribution in [-0.4, -0.2) is 42.3 Å². The molecule has 5 heteroatoms. The Kier molecular flexibility index (Phi) is 3.71. The highest BCUT2D eigenvalue weighted by atomic mass is 16.5. The normalized spacial score (nSPS) is 17.1. The molecule has 0 saturated heterocycles. The number of carbonyl (C=O) groups is 2. The van der Waals surface area contributed by atoms with E-state index in [1.807, 2.05) is 18.2 Å². The number of carboxylic acids is 1. The van der Waals surface area contributed by atoms with Crippen molar-refractivity contribution in [2.75, 3.05) is 20.2 Å². The molecule has 0 unspecified atom stereocenters. The number of hydrogen-bond acceptors (Lipinski definition) is 3. The van der Waals surface area contributed by atoms with Crippen molar-refractivity contribution in [3.8, 4) is 0 Å². The van der Waals surface area contributed by atoms with Gasteiger partial charge in [0.15, 0.2) is 0 Å². The van der Waals surface area contributed by atoms with Gasteiger partial charge in [-0.25, -0.2) is 9.59 Å². The van der Waals surface area contributed by atoms with Gasteiger partial charge in [-0.2, -0.15) is 0 Å². The number of hydrogen-bond donors (Lipinski definition) is 1. The zero-order valence-electron chi connectivity index (χ0n) is 12.3. The molecular formula is C17H17NO4. The van der Waals surface area contributed by atoms with Gasteiger partial charge in [0.1, 0.15) is 0 Å². The molecular weight excluding hydrogens is 282 g/mol. The van der Waals surface area contributed by atoms with E-state index in [2.05, 4.69) is 12.1 Å². The monoisotopic (exact) mass is 299 g/mol. The van der Waals surface area contributed by atoms with Crippen LogP contribution < -0.4 is 0 Å². The van der Waals surface area contributed by atoms with Gasteiger partial charge in [-0.1, -0.05) is 30.3 Å². The third kappa shape index (κ3) is 2.39. The van der Waals surface area contributed by atoms with E-state index in [0.29, 0.717) is 13.0 Å². The molecule has 1 aliphatic heterocycles. The van der Waals surface area contributed by atoms with Crippen LogP contribution in [0, 0.1) is 0 Å². The topological polar surface area (TPSA) is 66.8 Å². The van der Waals surface area contributed by atoms with Crippen molar-refractivity contribution in [1.29, 1.82) is 0 Å². The van der Waals surface area contributed by atoms with Gasteiger partial charge in [0, 0.05) is 6.54 Å². The summed E-state index contributed by atoms with van der Waals surface area (Å²) in [5.74, 6) is -0.978. The van der Waals surface area contributed by atoms with E-state index in [-0.39, 0.29) is 12.1 Å². The Bertz CT molecular complexity index is 702. The predicted octanol–water partition coefficient (Wildman–Crippen LogP) is 2.48. The molecule has 1 heterocycles. The molecule has 0 radical (unpaired) electrons. The molecule has 0 saturated carbocycles. The highest BCUT2D eigenvalue weighted by molar-refractivity contribution is 5.97. The zero-order valence-corrected chi connectivity index (χ0v) is 12.3. The molecule has 2 aliphatic rings. The average molecular weight is 299 g/mol. The van der Waals surface area contributed by atoms with Crippen molar-refractivity contribution in [3.05, 3.63) is 52.6 Å². The number of benzene rings is 1. The predicted molar refractivity (Wildman–Crippen MR) is 81.4 cm³/mol.